The largest absolute Gasteiger partial charge is 0.384 e. The van der Waals surface area contributed by atoms with Crippen molar-refractivity contribution in [3.63, 3.8) is 0 Å². The Kier molecular flexibility index (Phi) is 5.87. The van der Waals surface area contributed by atoms with Crippen LogP contribution in [0.3, 0.4) is 0 Å². The molecule has 0 unspecified atom stereocenters. The number of para-hydroxylation sites is 1. The lowest BCUT2D eigenvalue weighted by Crippen LogP contribution is -2.34. The van der Waals surface area contributed by atoms with Crippen molar-refractivity contribution < 1.29 is 4.79 Å². The summed E-state index contributed by atoms with van der Waals surface area (Å²) in [5.41, 5.74) is 1.78. The quantitative estimate of drug-likeness (QED) is 0.787. The molecule has 3 nitrogen and oxygen atoms in total. The standard InChI is InChI=1S/C16H26N2O/c1-5-11-17-14-10-8-7-9-13(14)15(19)18-12-16(3,4)6-2/h7-10,17H,5-6,11-12H2,1-4H3,(H,18,19). The molecule has 0 aliphatic carbocycles. The van der Waals surface area contributed by atoms with Gasteiger partial charge in [0, 0.05) is 18.8 Å². The Morgan fingerprint density at radius 2 is 1.89 bits per heavy atom. The SMILES string of the molecule is CCCNc1ccccc1C(=O)NCC(C)(C)CC. The molecule has 19 heavy (non-hydrogen) atoms. The van der Waals surface area contributed by atoms with Crippen LogP contribution in [0.5, 0.6) is 0 Å². The van der Waals surface area contributed by atoms with Gasteiger partial charge in [-0.2, -0.15) is 0 Å². The fourth-order valence-electron chi connectivity index (χ4n) is 1.63. The number of nitrogens with one attached hydrogen (secondary N) is 2. The van der Waals surface area contributed by atoms with Crippen molar-refractivity contribution in [2.75, 3.05) is 18.4 Å². The summed E-state index contributed by atoms with van der Waals surface area (Å²) < 4.78 is 0. The maximum absolute atomic E-state index is 12.2. The van der Waals surface area contributed by atoms with Gasteiger partial charge in [0.25, 0.3) is 5.91 Å². The predicted molar refractivity (Wildman–Crippen MR) is 81.6 cm³/mol. The molecule has 0 aliphatic heterocycles. The van der Waals surface area contributed by atoms with Crippen LogP contribution in [0.25, 0.3) is 0 Å². The molecule has 0 aromatic heterocycles. The maximum atomic E-state index is 12.2. The summed E-state index contributed by atoms with van der Waals surface area (Å²) in [6.07, 6.45) is 2.09. The summed E-state index contributed by atoms with van der Waals surface area (Å²) in [6, 6.07) is 7.67. The van der Waals surface area contributed by atoms with Crippen molar-refractivity contribution in [3.8, 4) is 0 Å². The lowest BCUT2D eigenvalue weighted by Gasteiger charge is -2.23. The zero-order valence-electron chi connectivity index (χ0n) is 12.5. The van der Waals surface area contributed by atoms with Gasteiger partial charge in [0.2, 0.25) is 0 Å². The number of amides is 1. The van der Waals surface area contributed by atoms with Crippen LogP contribution in [0, 0.1) is 5.41 Å². The Hall–Kier alpha value is -1.51. The van der Waals surface area contributed by atoms with E-state index < -0.39 is 0 Å². The smallest absolute Gasteiger partial charge is 0.253 e. The van der Waals surface area contributed by atoms with E-state index in [2.05, 4.69) is 38.3 Å². The molecule has 0 saturated carbocycles. The zero-order valence-corrected chi connectivity index (χ0v) is 12.5. The van der Waals surface area contributed by atoms with Gasteiger partial charge >= 0.3 is 0 Å². The number of rotatable bonds is 7. The minimum absolute atomic E-state index is 0.000674. The van der Waals surface area contributed by atoms with Crippen molar-refractivity contribution in [3.05, 3.63) is 29.8 Å². The summed E-state index contributed by atoms with van der Waals surface area (Å²) in [5, 5.41) is 6.32. The highest BCUT2D eigenvalue weighted by Crippen LogP contribution is 2.19. The highest BCUT2D eigenvalue weighted by atomic mass is 16.1. The average molecular weight is 262 g/mol. The lowest BCUT2D eigenvalue weighted by molar-refractivity contribution is 0.0936. The molecule has 106 valence electrons. The van der Waals surface area contributed by atoms with E-state index in [-0.39, 0.29) is 11.3 Å². The molecule has 0 heterocycles. The van der Waals surface area contributed by atoms with E-state index >= 15 is 0 Å². The van der Waals surface area contributed by atoms with Gasteiger partial charge in [-0.3, -0.25) is 4.79 Å². The molecule has 0 saturated heterocycles. The summed E-state index contributed by atoms with van der Waals surface area (Å²) in [4.78, 5) is 12.2. The third kappa shape index (κ3) is 4.93. The van der Waals surface area contributed by atoms with Gasteiger partial charge in [-0.25, -0.2) is 0 Å². The highest BCUT2D eigenvalue weighted by molar-refractivity contribution is 5.99. The molecule has 0 radical (unpaired) electrons. The highest BCUT2D eigenvalue weighted by Gasteiger charge is 2.17. The van der Waals surface area contributed by atoms with Crippen molar-refractivity contribution in [2.45, 2.75) is 40.5 Å². The molecule has 0 aliphatic rings. The topological polar surface area (TPSA) is 41.1 Å². The minimum atomic E-state index is 0.000674. The fourth-order valence-corrected chi connectivity index (χ4v) is 1.63. The van der Waals surface area contributed by atoms with Gasteiger partial charge in [-0.15, -0.1) is 0 Å². The second-order valence-corrected chi connectivity index (χ2v) is 5.67. The third-order valence-electron chi connectivity index (χ3n) is 3.42. The van der Waals surface area contributed by atoms with Crippen LogP contribution in [0.4, 0.5) is 5.69 Å². The summed E-state index contributed by atoms with van der Waals surface area (Å²) in [6.45, 7) is 10.2. The summed E-state index contributed by atoms with van der Waals surface area (Å²) in [7, 11) is 0. The van der Waals surface area contributed by atoms with Crippen LogP contribution >= 0.6 is 0 Å². The van der Waals surface area contributed by atoms with Crippen LogP contribution in [-0.4, -0.2) is 19.0 Å². The van der Waals surface area contributed by atoms with E-state index in [1.807, 2.05) is 24.3 Å². The molecule has 3 heteroatoms. The Morgan fingerprint density at radius 3 is 2.53 bits per heavy atom. The van der Waals surface area contributed by atoms with Gasteiger partial charge in [-0.05, 0) is 30.4 Å². The van der Waals surface area contributed by atoms with Gasteiger partial charge in [0.1, 0.15) is 0 Å². The molecule has 1 rings (SSSR count). The Labute approximate surface area is 116 Å². The van der Waals surface area contributed by atoms with E-state index in [1.165, 1.54) is 0 Å². The second kappa shape index (κ2) is 7.17. The Bertz CT molecular complexity index is 413. The third-order valence-corrected chi connectivity index (χ3v) is 3.42. The van der Waals surface area contributed by atoms with Crippen LogP contribution in [0.15, 0.2) is 24.3 Å². The van der Waals surface area contributed by atoms with E-state index in [4.69, 9.17) is 0 Å². The molecule has 0 bridgehead atoms. The first-order chi connectivity index (χ1) is 9.00. The summed E-state index contributed by atoms with van der Waals surface area (Å²) >= 11 is 0. The first-order valence-electron chi connectivity index (χ1n) is 7.11. The number of anilines is 1. The first kappa shape index (κ1) is 15.5. The number of carbonyl (C=O) groups excluding carboxylic acids is 1. The van der Waals surface area contributed by atoms with Crippen molar-refractivity contribution in [2.24, 2.45) is 5.41 Å². The molecule has 1 aromatic carbocycles. The van der Waals surface area contributed by atoms with Crippen LogP contribution in [0.1, 0.15) is 50.9 Å². The average Bonchev–Trinajstić information content (AvgIpc) is 2.43. The van der Waals surface area contributed by atoms with E-state index in [0.717, 1.165) is 30.6 Å². The number of carbonyl (C=O) groups is 1. The predicted octanol–water partition coefficient (Wildman–Crippen LogP) is 3.67. The normalized spacial score (nSPS) is 11.2. The van der Waals surface area contributed by atoms with Gasteiger partial charge < -0.3 is 10.6 Å². The Morgan fingerprint density at radius 1 is 1.21 bits per heavy atom. The van der Waals surface area contributed by atoms with Gasteiger partial charge in [-0.1, -0.05) is 39.8 Å². The van der Waals surface area contributed by atoms with Gasteiger partial charge in [0.15, 0.2) is 0 Å². The molecule has 1 amide bonds. The van der Waals surface area contributed by atoms with E-state index in [1.54, 1.807) is 0 Å². The lowest BCUT2D eigenvalue weighted by atomic mass is 9.90. The van der Waals surface area contributed by atoms with Crippen LogP contribution in [-0.2, 0) is 0 Å². The minimum Gasteiger partial charge on any atom is -0.384 e. The second-order valence-electron chi connectivity index (χ2n) is 5.67. The molecule has 0 spiro atoms. The summed E-state index contributed by atoms with van der Waals surface area (Å²) in [5.74, 6) is 0.000674. The first-order valence-corrected chi connectivity index (χ1v) is 7.11. The molecule has 0 fully saturated rings. The number of benzene rings is 1. The number of hydrogen-bond donors (Lipinski definition) is 2. The van der Waals surface area contributed by atoms with Crippen LogP contribution in [0.2, 0.25) is 0 Å². The van der Waals surface area contributed by atoms with Crippen molar-refractivity contribution in [1.29, 1.82) is 0 Å². The molecular weight excluding hydrogens is 236 g/mol. The van der Waals surface area contributed by atoms with Crippen molar-refractivity contribution >= 4 is 11.6 Å². The van der Waals surface area contributed by atoms with Crippen LogP contribution < -0.4 is 10.6 Å². The molecule has 2 N–H and O–H groups in total. The maximum Gasteiger partial charge on any atom is 0.253 e. The fraction of sp³-hybridized carbons (Fsp3) is 0.562. The van der Waals surface area contributed by atoms with E-state index in [0.29, 0.717) is 6.54 Å². The van der Waals surface area contributed by atoms with E-state index in [9.17, 15) is 4.79 Å². The molecule has 1 aromatic rings. The monoisotopic (exact) mass is 262 g/mol. The molecule has 0 atom stereocenters. The van der Waals surface area contributed by atoms with Gasteiger partial charge in [0.05, 0.1) is 5.56 Å². The zero-order chi connectivity index (χ0) is 14.3. The molecular formula is C16H26N2O. The number of hydrogen-bond acceptors (Lipinski definition) is 2. The van der Waals surface area contributed by atoms with Crippen molar-refractivity contribution in [1.82, 2.24) is 5.32 Å². The Balaban J connectivity index is 2.71.